The van der Waals surface area contributed by atoms with E-state index < -0.39 is 11.6 Å². The molecule has 0 unspecified atom stereocenters. The van der Waals surface area contributed by atoms with Gasteiger partial charge in [-0.3, -0.25) is 4.90 Å². The molecule has 0 spiro atoms. The SMILES string of the molecule is Cc1ccc([C@@H](CC(C)C)N2CCNCC2)c(F)c1F.Cl.Cl. The molecule has 1 heterocycles. The van der Waals surface area contributed by atoms with E-state index in [9.17, 15) is 8.78 Å². The van der Waals surface area contributed by atoms with Crippen molar-refractivity contribution in [1.82, 2.24) is 10.2 Å². The second kappa shape index (κ2) is 9.66. The van der Waals surface area contributed by atoms with Gasteiger partial charge in [0, 0.05) is 37.8 Å². The molecule has 1 saturated heterocycles. The molecule has 0 saturated carbocycles. The van der Waals surface area contributed by atoms with Gasteiger partial charge in [-0.15, -0.1) is 24.8 Å². The molecule has 0 aromatic heterocycles. The van der Waals surface area contributed by atoms with E-state index in [0.29, 0.717) is 17.0 Å². The fraction of sp³-hybridized carbons (Fsp3) is 0.625. The summed E-state index contributed by atoms with van der Waals surface area (Å²) in [7, 11) is 0. The van der Waals surface area contributed by atoms with Gasteiger partial charge in [-0.25, -0.2) is 8.78 Å². The number of benzene rings is 1. The Labute approximate surface area is 144 Å². The second-order valence-corrected chi connectivity index (χ2v) is 6.03. The van der Waals surface area contributed by atoms with Gasteiger partial charge in [0.25, 0.3) is 0 Å². The summed E-state index contributed by atoms with van der Waals surface area (Å²) in [4.78, 5) is 2.27. The van der Waals surface area contributed by atoms with Crippen molar-refractivity contribution >= 4 is 24.8 Å². The number of piperazine rings is 1. The van der Waals surface area contributed by atoms with Gasteiger partial charge in [-0.2, -0.15) is 0 Å². The Balaban J connectivity index is 0.00000220. The van der Waals surface area contributed by atoms with E-state index in [4.69, 9.17) is 0 Å². The highest BCUT2D eigenvalue weighted by atomic mass is 35.5. The molecule has 1 aliphatic heterocycles. The Bertz CT molecular complexity index is 464. The van der Waals surface area contributed by atoms with Crippen molar-refractivity contribution < 1.29 is 8.78 Å². The summed E-state index contributed by atoms with van der Waals surface area (Å²) in [6, 6.07) is 3.40. The van der Waals surface area contributed by atoms with Crippen LogP contribution in [-0.4, -0.2) is 31.1 Å². The molecule has 1 aromatic rings. The molecule has 1 N–H and O–H groups in total. The molecule has 2 rings (SSSR count). The third-order valence-electron chi connectivity index (χ3n) is 3.95. The summed E-state index contributed by atoms with van der Waals surface area (Å²) in [6.45, 7) is 9.42. The van der Waals surface area contributed by atoms with Crippen LogP contribution in [0.5, 0.6) is 0 Å². The molecule has 128 valence electrons. The molecule has 0 bridgehead atoms. The Kier molecular flexibility index (Phi) is 9.47. The number of hydrogen-bond acceptors (Lipinski definition) is 2. The van der Waals surface area contributed by atoms with Gasteiger partial charge >= 0.3 is 0 Å². The second-order valence-electron chi connectivity index (χ2n) is 6.03. The number of rotatable bonds is 4. The summed E-state index contributed by atoms with van der Waals surface area (Å²) < 4.78 is 28.2. The fourth-order valence-corrected chi connectivity index (χ4v) is 2.83. The van der Waals surface area contributed by atoms with Crippen LogP contribution in [0.1, 0.15) is 37.4 Å². The van der Waals surface area contributed by atoms with E-state index in [0.717, 1.165) is 32.6 Å². The number of hydrogen-bond donors (Lipinski definition) is 1. The lowest BCUT2D eigenvalue weighted by atomic mass is 9.93. The van der Waals surface area contributed by atoms with E-state index in [1.54, 1.807) is 19.1 Å². The summed E-state index contributed by atoms with van der Waals surface area (Å²) in [6.07, 6.45) is 0.847. The largest absolute Gasteiger partial charge is 0.314 e. The monoisotopic (exact) mass is 354 g/mol. The first-order valence-electron chi connectivity index (χ1n) is 7.40. The highest BCUT2D eigenvalue weighted by Crippen LogP contribution is 2.31. The van der Waals surface area contributed by atoms with Gasteiger partial charge in [-0.05, 0) is 24.8 Å². The zero-order valence-corrected chi connectivity index (χ0v) is 15.0. The molecule has 1 atom stereocenters. The predicted octanol–water partition coefficient (Wildman–Crippen LogP) is 4.11. The molecule has 6 heteroatoms. The van der Waals surface area contributed by atoms with Crippen LogP contribution in [0.2, 0.25) is 0 Å². The Morgan fingerprint density at radius 3 is 2.23 bits per heavy atom. The van der Waals surface area contributed by atoms with E-state index in [1.807, 2.05) is 0 Å². The normalized spacial score (nSPS) is 16.8. The molecular formula is C16H26Cl2F2N2. The Morgan fingerprint density at radius 2 is 1.68 bits per heavy atom. The van der Waals surface area contributed by atoms with Gasteiger partial charge in [0.15, 0.2) is 11.6 Å². The maximum absolute atomic E-state index is 14.3. The molecule has 1 aliphatic rings. The van der Waals surface area contributed by atoms with Gasteiger partial charge in [0.1, 0.15) is 0 Å². The minimum absolute atomic E-state index is 0. The standard InChI is InChI=1S/C16H24F2N2.2ClH/c1-11(2)10-14(20-8-6-19-7-9-20)13-5-4-12(3)15(17)16(13)18;;/h4-5,11,14,19H,6-10H2,1-3H3;2*1H/t14-;;/m1../s1. The summed E-state index contributed by atoms with van der Waals surface area (Å²) in [5.74, 6) is -0.931. The maximum Gasteiger partial charge on any atom is 0.163 e. The number of nitrogens with one attached hydrogen (secondary N) is 1. The van der Waals surface area contributed by atoms with Gasteiger partial charge in [-0.1, -0.05) is 26.0 Å². The topological polar surface area (TPSA) is 15.3 Å². The quantitative estimate of drug-likeness (QED) is 0.875. The summed E-state index contributed by atoms with van der Waals surface area (Å²) in [5.41, 5.74) is 0.874. The molecule has 1 aromatic carbocycles. The number of halogens is 4. The first-order valence-corrected chi connectivity index (χ1v) is 7.40. The fourth-order valence-electron chi connectivity index (χ4n) is 2.83. The van der Waals surface area contributed by atoms with Gasteiger partial charge in [0.2, 0.25) is 0 Å². The number of nitrogens with zero attached hydrogens (tertiary/aromatic N) is 1. The zero-order chi connectivity index (χ0) is 14.7. The van der Waals surface area contributed by atoms with Crippen LogP contribution in [0.15, 0.2) is 12.1 Å². The van der Waals surface area contributed by atoms with Crippen LogP contribution in [-0.2, 0) is 0 Å². The van der Waals surface area contributed by atoms with Crippen molar-refractivity contribution in [3.05, 3.63) is 34.9 Å². The lowest BCUT2D eigenvalue weighted by molar-refractivity contribution is 0.150. The Morgan fingerprint density at radius 1 is 1.09 bits per heavy atom. The van der Waals surface area contributed by atoms with Crippen LogP contribution in [0.3, 0.4) is 0 Å². The predicted molar refractivity (Wildman–Crippen MR) is 92.2 cm³/mol. The van der Waals surface area contributed by atoms with Crippen molar-refractivity contribution in [2.24, 2.45) is 5.92 Å². The zero-order valence-electron chi connectivity index (χ0n) is 13.4. The molecular weight excluding hydrogens is 329 g/mol. The van der Waals surface area contributed by atoms with Crippen molar-refractivity contribution in [3.63, 3.8) is 0 Å². The summed E-state index contributed by atoms with van der Waals surface area (Å²) in [5, 5.41) is 3.30. The van der Waals surface area contributed by atoms with Crippen LogP contribution < -0.4 is 5.32 Å². The first kappa shape index (κ1) is 21.6. The average Bonchev–Trinajstić information content (AvgIpc) is 2.44. The minimum atomic E-state index is -0.702. The molecule has 0 aliphatic carbocycles. The highest BCUT2D eigenvalue weighted by Gasteiger charge is 2.27. The third kappa shape index (κ3) is 5.05. The van der Waals surface area contributed by atoms with Crippen molar-refractivity contribution in [1.29, 1.82) is 0 Å². The molecule has 0 amide bonds. The lowest BCUT2D eigenvalue weighted by Gasteiger charge is -2.36. The van der Waals surface area contributed by atoms with E-state index in [2.05, 4.69) is 24.1 Å². The van der Waals surface area contributed by atoms with Crippen LogP contribution >= 0.6 is 24.8 Å². The van der Waals surface area contributed by atoms with Crippen molar-refractivity contribution in [3.8, 4) is 0 Å². The Hall–Kier alpha value is -0.420. The van der Waals surface area contributed by atoms with Gasteiger partial charge in [0.05, 0.1) is 0 Å². The molecule has 1 fully saturated rings. The first-order chi connectivity index (χ1) is 9.50. The third-order valence-corrected chi connectivity index (χ3v) is 3.95. The smallest absolute Gasteiger partial charge is 0.163 e. The van der Waals surface area contributed by atoms with E-state index in [-0.39, 0.29) is 30.9 Å². The highest BCUT2D eigenvalue weighted by molar-refractivity contribution is 5.85. The summed E-state index contributed by atoms with van der Waals surface area (Å²) >= 11 is 0. The lowest BCUT2D eigenvalue weighted by Crippen LogP contribution is -2.45. The molecule has 22 heavy (non-hydrogen) atoms. The van der Waals surface area contributed by atoms with E-state index in [1.165, 1.54) is 0 Å². The average molecular weight is 355 g/mol. The number of aryl methyl sites for hydroxylation is 1. The van der Waals surface area contributed by atoms with Crippen molar-refractivity contribution in [2.75, 3.05) is 26.2 Å². The van der Waals surface area contributed by atoms with Crippen molar-refractivity contribution in [2.45, 2.75) is 33.2 Å². The van der Waals surface area contributed by atoms with Crippen LogP contribution in [0.25, 0.3) is 0 Å². The molecule has 2 nitrogen and oxygen atoms in total. The molecule has 0 radical (unpaired) electrons. The maximum atomic E-state index is 14.3. The van der Waals surface area contributed by atoms with Crippen LogP contribution in [0.4, 0.5) is 8.78 Å². The van der Waals surface area contributed by atoms with E-state index >= 15 is 0 Å². The minimum Gasteiger partial charge on any atom is -0.314 e. The van der Waals surface area contributed by atoms with Gasteiger partial charge < -0.3 is 5.32 Å². The van der Waals surface area contributed by atoms with Crippen LogP contribution in [0, 0.1) is 24.5 Å².